The predicted octanol–water partition coefficient (Wildman–Crippen LogP) is 4.67. The van der Waals surface area contributed by atoms with E-state index in [1.54, 1.807) is 4.90 Å². The van der Waals surface area contributed by atoms with Gasteiger partial charge in [-0.1, -0.05) is 18.2 Å². The molecule has 0 aliphatic carbocycles. The molecule has 4 saturated heterocycles. The summed E-state index contributed by atoms with van der Waals surface area (Å²) in [4.78, 5) is 70.5. The van der Waals surface area contributed by atoms with Crippen LogP contribution in [0.25, 0.3) is 22.3 Å². The Hall–Kier alpha value is -6.55. The van der Waals surface area contributed by atoms with Crippen molar-refractivity contribution >= 4 is 46.3 Å². The summed E-state index contributed by atoms with van der Waals surface area (Å²) in [5.41, 5.74) is 11.4. The molecule has 0 saturated carbocycles. The van der Waals surface area contributed by atoms with Crippen molar-refractivity contribution in [1.82, 2.24) is 44.7 Å². The van der Waals surface area contributed by atoms with Gasteiger partial charge in [-0.3, -0.25) is 24.6 Å². The quantitative estimate of drug-likeness (QED) is 0.218. The fourth-order valence-electron chi connectivity index (χ4n) is 9.81. The first kappa shape index (κ1) is 38.6. The van der Waals surface area contributed by atoms with Crippen molar-refractivity contribution in [3.8, 4) is 22.8 Å². The third-order valence-corrected chi connectivity index (χ3v) is 13.1. The Kier molecular flexibility index (Phi) is 10.2. The molecule has 61 heavy (non-hydrogen) atoms. The molecular weight excluding hydrogens is 775 g/mol. The molecule has 4 fully saturated rings. The fraction of sp³-hybridized carbons (Fsp3) is 0.400. The first-order chi connectivity index (χ1) is 29.8. The molecule has 314 valence electrons. The van der Waals surface area contributed by atoms with Crippen molar-refractivity contribution in [3.63, 3.8) is 0 Å². The number of aromatic nitrogens is 4. The molecule has 16 heteroatoms. The van der Waals surface area contributed by atoms with Crippen LogP contribution in [0.3, 0.4) is 0 Å². The van der Waals surface area contributed by atoms with Crippen molar-refractivity contribution in [2.24, 2.45) is 0 Å². The number of benzene rings is 3. The van der Waals surface area contributed by atoms with Crippen LogP contribution in [0.5, 0.6) is 11.5 Å². The highest BCUT2D eigenvalue weighted by Crippen LogP contribution is 2.36. The average Bonchev–Trinajstić information content (AvgIpc) is 3.85. The molecule has 3 N–H and O–H groups in total. The number of amides is 5. The van der Waals surface area contributed by atoms with E-state index in [0.717, 1.165) is 96.9 Å². The number of nitrogens with one attached hydrogen (secondary N) is 1. The van der Waals surface area contributed by atoms with Crippen LogP contribution in [0.1, 0.15) is 60.5 Å². The Morgan fingerprint density at radius 2 is 1.54 bits per heavy atom. The number of nitrogens with zero attached hydrogens (tertiary/aromatic N) is 9. The Bertz CT molecular complexity index is 2480. The number of imide groups is 1. The standard InChI is InChI=1S/C45H49N11O5/c46-41-39-40(29-8-11-35(12-9-29)61-34-6-2-1-3-7-34)50-56(42(39)48-28-47-41)33-5-4-18-54(27-33)31-16-19-52(20-17-31)45(60)53-23-21-51(22-24-53)32-10-13-36-30(25-32)26-55(44(36)59)37-14-15-38(57)49-43(37)58/h1-3,6-13,25,28,31,33,37H,4-5,14-24,26-27H2,(H2,46,47,48)(H,49,57,58)/t33-,37?/m1/s1. The summed E-state index contributed by atoms with van der Waals surface area (Å²) < 4.78 is 8.08. The highest BCUT2D eigenvalue weighted by atomic mass is 16.5. The van der Waals surface area contributed by atoms with Crippen LogP contribution in [-0.2, 0) is 16.1 Å². The van der Waals surface area contributed by atoms with E-state index in [1.165, 1.54) is 6.33 Å². The minimum absolute atomic E-state index is 0.0986. The maximum atomic E-state index is 13.8. The number of piperidine rings is 3. The van der Waals surface area contributed by atoms with Crippen molar-refractivity contribution in [2.45, 2.75) is 63.2 Å². The molecule has 0 bridgehead atoms. The lowest BCUT2D eigenvalue weighted by Crippen LogP contribution is -2.56. The summed E-state index contributed by atoms with van der Waals surface area (Å²) in [7, 11) is 0. The molecule has 10 rings (SSSR count). The Morgan fingerprint density at radius 1 is 0.787 bits per heavy atom. The SMILES string of the molecule is Nc1ncnc2c1c(-c1ccc(Oc3ccccc3)cc1)nn2[C@@H]1CCCN(C2CCN(C(=O)N3CCN(c4ccc5c(c4)CN(C4CCC(=O)NC4=O)C5=O)CC3)CC2)C1. The second-order valence-electron chi connectivity index (χ2n) is 16.7. The normalized spacial score (nSPS) is 21.5. The van der Waals surface area contributed by atoms with Crippen LogP contribution in [0.2, 0.25) is 0 Å². The van der Waals surface area contributed by atoms with Gasteiger partial charge < -0.3 is 30.1 Å². The molecule has 2 atom stereocenters. The van der Waals surface area contributed by atoms with Crippen LogP contribution in [0, 0.1) is 0 Å². The van der Waals surface area contributed by atoms with Gasteiger partial charge in [-0.2, -0.15) is 5.10 Å². The van der Waals surface area contributed by atoms with Gasteiger partial charge in [0.2, 0.25) is 11.8 Å². The number of nitrogens with two attached hydrogens (primary N) is 1. The number of anilines is 2. The number of fused-ring (bicyclic) bond motifs is 2. The van der Waals surface area contributed by atoms with Gasteiger partial charge in [-0.15, -0.1) is 0 Å². The van der Waals surface area contributed by atoms with Gasteiger partial charge in [0.15, 0.2) is 5.65 Å². The minimum atomic E-state index is -0.637. The molecule has 5 aromatic rings. The number of rotatable bonds is 7. The minimum Gasteiger partial charge on any atom is -0.457 e. The van der Waals surface area contributed by atoms with Crippen LogP contribution in [0.15, 0.2) is 79.1 Å². The average molecular weight is 824 g/mol. The zero-order valence-electron chi connectivity index (χ0n) is 34.0. The number of hydrogen-bond donors (Lipinski definition) is 2. The van der Waals surface area contributed by atoms with Gasteiger partial charge in [0.25, 0.3) is 5.91 Å². The van der Waals surface area contributed by atoms with Gasteiger partial charge in [-0.05, 0) is 98.8 Å². The van der Waals surface area contributed by atoms with Crippen LogP contribution >= 0.6 is 0 Å². The van der Waals surface area contributed by atoms with Crippen LogP contribution < -0.4 is 20.7 Å². The summed E-state index contributed by atoms with van der Waals surface area (Å²) in [6.07, 6.45) is 5.93. The summed E-state index contributed by atoms with van der Waals surface area (Å²) in [6.45, 7) is 6.24. The number of likely N-dealkylation sites (tertiary alicyclic amines) is 2. The zero-order valence-corrected chi connectivity index (χ0v) is 34.0. The lowest BCUT2D eigenvalue weighted by molar-refractivity contribution is -0.136. The smallest absolute Gasteiger partial charge is 0.320 e. The summed E-state index contributed by atoms with van der Waals surface area (Å²) >= 11 is 0. The zero-order chi connectivity index (χ0) is 41.6. The van der Waals surface area contributed by atoms with E-state index in [1.807, 2.05) is 82.6 Å². The Balaban J connectivity index is 0.739. The molecule has 16 nitrogen and oxygen atoms in total. The summed E-state index contributed by atoms with van der Waals surface area (Å²) in [6, 6.07) is 23.4. The van der Waals surface area contributed by atoms with Gasteiger partial charge in [0, 0.05) is 81.6 Å². The number of piperazine rings is 1. The van der Waals surface area contributed by atoms with Crippen molar-refractivity contribution < 1.29 is 23.9 Å². The number of hydrogen-bond acceptors (Lipinski definition) is 11. The van der Waals surface area contributed by atoms with Crippen molar-refractivity contribution in [3.05, 3.63) is 90.3 Å². The first-order valence-corrected chi connectivity index (χ1v) is 21.4. The van der Waals surface area contributed by atoms with E-state index < -0.39 is 11.9 Å². The highest BCUT2D eigenvalue weighted by molar-refractivity contribution is 6.05. The lowest BCUT2D eigenvalue weighted by Gasteiger charge is -2.44. The van der Waals surface area contributed by atoms with E-state index >= 15 is 0 Å². The number of nitrogen functional groups attached to an aromatic ring is 1. The molecule has 7 heterocycles. The number of carbonyl (C=O) groups excluding carboxylic acids is 4. The highest BCUT2D eigenvalue weighted by Gasteiger charge is 2.40. The van der Waals surface area contributed by atoms with Gasteiger partial charge in [-0.25, -0.2) is 19.4 Å². The Morgan fingerprint density at radius 3 is 2.31 bits per heavy atom. The van der Waals surface area contributed by atoms with Gasteiger partial charge >= 0.3 is 6.03 Å². The maximum Gasteiger partial charge on any atom is 0.320 e. The maximum absolute atomic E-state index is 13.8. The molecule has 1 unspecified atom stereocenters. The van der Waals surface area contributed by atoms with E-state index in [4.69, 9.17) is 15.6 Å². The summed E-state index contributed by atoms with van der Waals surface area (Å²) in [5, 5.41) is 8.28. The molecule has 0 spiro atoms. The van der Waals surface area contributed by atoms with Gasteiger partial charge in [0.1, 0.15) is 35.4 Å². The second kappa shape index (κ2) is 16.1. The molecule has 3 aromatic carbocycles. The van der Waals surface area contributed by atoms with Crippen LogP contribution in [0.4, 0.5) is 16.3 Å². The van der Waals surface area contributed by atoms with Gasteiger partial charge in [0.05, 0.1) is 11.4 Å². The van der Waals surface area contributed by atoms with E-state index in [2.05, 4.69) is 29.8 Å². The molecular formula is C45H49N11O5. The van der Waals surface area contributed by atoms with E-state index in [9.17, 15) is 19.2 Å². The van der Waals surface area contributed by atoms with E-state index in [0.29, 0.717) is 56.6 Å². The molecule has 5 amide bonds. The fourth-order valence-corrected chi connectivity index (χ4v) is 9.81. The Labute approximate surface area is 353 Å². The number of ether oxygens (including phenoxy) is 1. The third-order valence-electron chi connectivity index (χ3n) is 13.1. The number of carbonyl (C=O) groups is 4. The number of urea groups is 1. The third kappa shape index (κ3) is 7.49. The largest absolute Gasteiger partial charge is 0.457 e. The number of para-hydroxylation sites is 1. The lowest BCUT2D eigenvalue weighted by atomic mass is 9.98. The van der Waals surface area contributed by atoms with Crippen molar-refractivity contribution in [1.29, 1.82) is 0 Å². The first-order valence-electron chi connectivity index (χ1n) is 21.4. The topological polar surface area (TPSA) is 175 Å². The van der Waals surface area contributed by atoms with E-state index in [-0.39, 0.29) is 30.3 Å². The monoisotopic (exact) mass is 823 g/mol. The second-order valence-corrected chi connectivity index (χ2v) is 16.7. The molecule has 2 aromatic heterocycles. The van der Waals surface area contributed by atoms with Crippen molar-refractivity contribution in [2.75, 3.05) is 63.0 Å². The predicted molar refractivity (Wildman–Crippen MR) is 228 cm³/mol. The molecule has 5 aliphatic heterocycles. The molecule has 0 radical (unpaired) electrons. The van der Waals surface area contributed by atoms with Crippen LogP contribution in [-0.4, -0.2) is 128 Å². The summed E-state index contributed by atoms with van der Waals surface area (Å²) in [5.74, 6) is 1.03. The molecule has 5 aliphatic rings.